The van der Waals surface area contributed by atoms with Gasteiger partial charge in [0.1, 0.15) is 0 Å². The van der Waals surface area contributed by atoms with Crippen molar-refractivity contribution in [1.29, 1.82) is 0 Å². The van der Waals surface area contributed by atoms with Gasteiger partial charge in [-0.25, -0.2) is 0 Å². The van der Waals surface area contributed by atoms with E-state index in [1.165, 1.54) is 11.8 Å². The van der Waals surface area contributed by atoms with Crippen molar-refractivity contribution in [2.75, 3.05) is 18.4 Å². The third kappa shape index (κ3) is 5.67. The zero-order chi connectivity index (χ0) is 20.7. The van der Waals surface area contributed by atoms with Crippen LogP contribution in [0.15, 0.2) is 54.6 Å². The molecule has 0 spiro atoms. The predicted molar refractivity (Wildman–Crippen MR) is 108 cm³/mol. The standard InChI is InChI=1S/C22H26N2O4/c1-16(25)24(14-13-17-7-5-4-6-8-17)15-20(26)23-19-11-9-18(10-12-19)22(2,3)21(27)28/h4-12H,13-15H2,1-3H3,(H,23,26)(H,27,28). The summed E-state index contributed by atoms with van der Waals surface area (Å²) in [5.74, 6) is -1.38. The number of carbonyl (C=O) groups excluding carboxylic acids is 2. The molecule has 2 aromatic carbocycles. The van der Waals surface area contributed by atoms with Crippen LogP contribution < -0.4 is 5.32 Å². The van der Waals surface area contributed by atoms with Gasteiger partial charge in [-0.2, -0.15) is 0 Å². The number of nitrogens with one attached hydrogen (secondary N) is 1. The summed E-state index contributed by atoms with van der Waals surface area (Å²) in [5, 5.41) is 12.0. The lowest BCUT2D eigenvalue weighted by Crippen LogP contribution is -2.38. The summed E-state index contributed by atoms with van der Waals surface area (Å²) < 4.78 is 0. The molecule has 6 heteroatoms. The highest BCUT2D eigenvalue weighted by atomic mass is 16.4. The fourth-order valence-electron chi connectivity index (χ4n) is 2.72. The molecule has 0 saturated carbocycles. The number of carbonyl (C=O) groups is 3. The summed E-state index contributed by atoms with van der Waals surface area (Å²) in [6.45, 7) is 5.12. The molecule has 0 radical (unpaired) electrons. The molecule has 6 nitrogen and oxygen atoms in total. The zero-order valence-electron chi connectivity index (χ0n) is 16.4. The maximum atomic E-state index is 12.3. The highest BCUT2D eigenvalue weighted by Crippen LogP contribution is 2.24. The van der Waals surface area contributed by atoms with Crippen molar-refractivity contribution in [3.8, 4) is 0 Å². The van der Waals surface area contributed by atoms with E-state index in [1.54, 1.807) is 38.1 Å². The van der Waals surface area contributed by atoms with E-state index < -0.39 is 11.4 Å². The molecule has 0 heterocycles. The Kier molecular flexibility index (Phi) is 6.93. The smallest absolute Gasteiger partial charge is 0.313 e. The summed E-state index contributed by atoms with van der Waals surface area (Å²) >= 11 is 0. The normalized spacial score (nSPS) is 11.0. The second-order valence-corrected chi connectivity index (χ2v) is 7.23. The second kappa shape index (κ2) is 9.17. The lowest BCUT2D eigenvalue weighted by atomic mass is 9.85. The number of benzene rings is 2. The minimum atomic E-state index is -1.01. The first kappa shape index (κ1) is 21.2. The summed E-state index contributed by atoms with van der Waals surface area (Å²) in [5.41, 5.74) is 1.30. The summed E-state index contributed by atoms with van der Waals surface area (Å²) in [7, 11) is 0. The molecule has 0 atom stereocenters. The number of rotatable bonds is 8. The van der Waals surface area contributed by atoms with Gasteiger partial charge in [-0.3, -0.25) is 14.4 Å². The van der Waals surface area contributed by atoms with E-state index in [0.717, 1.165) is 5.56 Å². The van der Waals surface area contributed by atoms with Crippen molar-refractivity contribution in [3.05, 3.63) is 65.7 Å². The van der Waals surface area contributed by atoms with E-state index in [-0.39, 0.29) is 18.4 Å². The van der Waals surface area contributed by atoms with Gasteiger partial charge < -0.3 is 15.3 Å². The third-order valence-corrected chi connectivity index (χ3v) is 4.72. The highest BCUT2D eigenvalue weighted by Gasteiger charge is 2.29. The number of hydrogen-bond donors (Lipinski definition) is 2. The molecular formula is C22H26N2O4. The first-order valence-electron chi connectivity index (χ1n) is 9.13. The minimum absolute atomic E-state index is 0.0372. The van der Waals surface area contributed by atoms with E-state index in [4.69, 9.17) is 0 Å². The number of aliphatic carboxylic acids is 1. The number of carboxylic acid groups (broad SMARTS) is 1. The molecule has 2 amide bonds. The van der Waals surface area contributed by atoms with E-state index in [1.807, 2.05) is 30.3 Å². The van der Waals surface area contributed by atoms with Crippen LogP contribution in [0.1, 0.15) is 31.9 Å². The molecule has 2 N–H and O–H groups in total. The highest BCUT2D eigenvalue weighted by molar-refractivity contribution is 5.94. The van der Waals surface area contributed by atoms with E-state index >= 15 is 0 Å². The molecule has 0 bridgehead atoms. The van der Waals surface area contributed by atoms with Crippen molar-refractivity contribution in [2.24, 2.45) is 0 Å². The third-order valence-electron chi connectivity index (χ3n) is 4.72. The minimum Gasteiger partial charge on any atom is -0.481 e. The fourth-order valence-corrected chi connectivity index (χ4v) is 2.72. The lowest BCUT2D eigenvalue weighted by Gasteiger charge is -2.21. The van der Waals surface area contributed by atoms with E-state index in [0.29, 0.717) is 24.2 Å². The maximum absolute atomic E-state index is 12.3. The van der Waals surface area contributed by atoms with Crippen molar-refractivity contribution >= 4 is 23.5 Å². The van der Waals surface area contributed by atoms with Crippen LogP contribution in [0.3, 0.4) is 0 Å². The van der Waals surface area contributed by atoms with Crippen LogP contribution in [-0.2, 0) is 26.2 Å². The Morgan fingerprint density at radius 3 is 2.14 bits per heavy atom. The molecule has 28 heavy (non-hydrogen) atoms. The Bertz CT molecular complexity index is 829. The Morgan fingerprint density at radius 1 is 1.00 bits per heavy atom. The number of hydrogen-bond acceptors (Lipinski definition) is 3. The Labute approximate surface area is 165 Å². The maximum Gasteiger partial charge on any atom is 0.313 e. The Morgan fingerprint density at radius 2 is 1.61 bits per heavy atom. The molecule has 0 saturated heterocycles. The molecular weight excluding hydrogens is 356 g/mol. The first-order chi connectivity index (χ1) is 13.2. The average molecular weight is 382 g/mol. The van der Waals surface area contributed by atoms with Crippen LogP contribution in [0.2, 0.25) is 0 Å². The summed E-state index contributed by atoms with van der Waals surface area (Å²) in [6, 6.07) is 16.5. The zero-order valence-corrected chi connectivity index (χ0v) is 16.4. The number of amides is 2. The van der Waals surface area contributed by atoms with Crippen molar-refractivity contribution in [3.63, 3.8) is 0 Å². The molecule has 148 valence electrons. The van der Waals surface area contributed by atoms with Crippen LogP contribution in [-0.4, -0.2) is 40.9 Å². The molecule has 0 fully saturated rings. The van der Waals surface area contributed by atoms with E-state index in [2.05, 4.69) is 5.32 Å². The summed E-state index contributed by atoms with van der Waals surface area (Å²) in [6.07, 6.45) is 0.673. The van der Waals surface area contributed by atoms with Crippen LogP contribution in [0.4, 0.5) is 5.69 Å². The van der Waals surface area contributed by atoms with Gasteiger partial charge in [0.25, 0.3) is 0 Å². The van der Waals surface area contributed by atoms with Gasteiger partial charge in [-0.15, -0.1) is 0 Å². The van der Waals surface area contributed by atoms with Crippen LogP contribution in [0.25, 0.3) is 0 Å². The monoisotopic (exact) mass is 382 g/mol. The van der Waals surface area contributed by atoms with Gasteiger partial charge in [0.05, 0.1) is 12.0 Å². The molecule has 2 aromatic rings. The van der Waals surface area contributed by atoms with Crippen LogP contribution >= 0.6 is 0 Å². The quantitative estimate of drug-likeness (QED) is 0.735. The Balaban J connectivity index is 1.95. The van der Waals surface area contributed by atoms with Crippen molar-refractivity contribution in [2.45, 2.75) is 32.6 Å². The van der Waals surface area contributed by atoms with Gasteiger partial charge in [0, 0.05) is 19.2 Å². The molecule has 0 unspecified atom stereocenters. The van der Waals surface area contributed by atoms with Crippen LogP contribution in [0.5, 0.6) is 0 Å². The van der Waals surface area contributed by atoms with Gasteiger partial charge in [-0.1, -0.05) is 42.5 Å². The Hall–Kier alpha value is -3.15. The van der Waals surface area contributed by atoms with E-state index in [9.17, 15) is 19.5 Å². The van der Waals surface area contributed by atoms with Gasteiger partial charge in [-0.05, 0) is 43.5 Å². The first-order valence-corrected chi connectivity index (χ1v) is 9.13. The lowest BCUT2D eigenvalue weighted by molar-refractivity contribution is -0.142. The molecule has 0 aliphatic rings. The number of carboxylic acids is 1. The summed E-state index contributed by atoms with van der Waals surface area (Å²) in [4.78, 5) is 37.0. The topological polar surface area (TPSA) is 86.7 Å². The average Bonchev–Trinajstić information content (AvgIpc) is 2.66. The van der Waals surface area contributed by atoms with Gasteiger partial charge in [0.15, 0.2) is 0 Å². The second-order valence-electron chi connectivity index (χ2n) is 7.23. The molecule has 0 aliphatic carbocycles. The molecule has 2 rings (SSSR count). The predicted octanol–water partition coefficient (Wildman–Crippen LogP) is 3.08. The fraction of sp³-hybridized carbons (Fsp3) is 0.318. The molecule has 0 aromatic heterocycles. The van der Waals surface area contributed by atoms with Crippen molar-refractivity contribution in [1.82, 2.24) is 4.90 Å². The number of nitrogens with zero attached hydrogens (tertiary/aromatic N) is 1. The SMILES string of the molecule is CC(=O)N(CCc1ccccc1)CC(=O)Nc1ccc(C(C)(C)C(=O)O)cc1. The number of anilines is 1. The van der Waals surface area contributed by atoms with Gasteiger partial charge >= 0.3 is 5.97 Å². The van der Waals surface area contributed by atoms with Crippen LogP contribution in [0, 0.1) is 0 Å². The largest absolute Gasteiger partial charge is 0.481 e. The van der Waals surface area contributed by atoms with Gasteiger partial charge in [0.2, 0.25) is 11.8 Å². The molecule has 0 aliphatic heterocycles. The van der Waals surface area contributed by atoms with Crippen molar-refractivity contribution < 1.29 is 19.5 Å².